The molecule has 2 atom stereocenters. The first kappa shape index (κ1) is 24.7. The number of fused-ring (bicyclic) bond motifs is 1. The number of hydrogen-bond donors (Lipinski definition) is 2. The van der Waals surface area contributed by atoms with Crippen molar-refractivity contribution >= 4 is 14.2 Å². The monoisotopic (exact) mass is 460 g/mol. The van der Waals surface area contributed by atoms with Crippen LogP contribution in [0, 0.1) is 18.3 Å². The van der Waals surface area contributed by atoms with Crippen LogP contribution in [0.2, 0.25) is 0 Å². The van der Waals surface area contributed by atoms with Crippen LogP contribution in [-0.4, -0.2) is 33.7 Å². The third-order valence-corrected chi connectivity index (χ3v) is 7.08. The third kappa shape index (κ3) is 6.32. The maximum atomic E-state index is 13.0. The van der Waals surface area contributed by atoms with E-state index in [-0.39, 0.29) is 17.9 Å². The number of nitrogens with one attached hydrogen (secondary N) is 1. The number of aromatic nitrogens is 2. The Morgan fingerprint density at radius 2 is 2.00 bits per heavy atom. The van der Waals surface area contributed by atoms with E-state index in [0.29, 0.717) is 31.7 Å². The zero-order chi connectivity index (χ0) is 23.3. The molecule has 8 heteroatoms. The lowest BCUT2D eigenvalue weighted by atomic mass is 9.69. The van der Waals surface area contributed by atoms with Gasteiger partial charge in [0.25, 0.3) is 0 Å². The van der Waals surface area contributed by atoms with E-state index in [1.165, 1.54) is 5.56 Å². The van der Waals surface area contributed by atoms with E-state index in [1.807, 2.05) is 6.92 Å². The Hall–Kier alpha value is -1.92. The van der Waals surface area contributed by atoms with Crippen molar-refractivity contribution in [3.8, 4) is 0 Å². The van der Waals surface area contributed by atoms with Crippen LogP contribution in [0.5, 0.6) is 0 Å². The molecule has 0 fully saturated rings. The van der Waals surface area contributed by atoms with E-state index in [1.54, 1.807) is 4.68 Å². The third-order valence-electron chi connectivity index (χ3n) is 6.67. The Kier molecular flexibility index (Phi) is 8.34. The van der Waals surface area contributed by atoms with E-state index in [9.17, 15) is 9.36 Å². The van der Waals surface area contributed by atoms with E-state index in [2.05, 4.69) is 60.0 Å². The average molecular weight is 461 g/mol. The van der Waals surface area contributed by atoms with Gasteiger partial charge in [-0.3, -0.25) is 4.79 Å². The SMILES string of the molecule is Cc1nn(C(=O)CCc2ccc(CNCCCO[P+](=O)O)cc2)c2c1CC(C)(C)C(C)C2. The summed E-state index contributed by atoms with van der Waals surface area (Å²) >= 11 is 0. The van der Waals surface area contributed by atoms with Crippen molar-refractivity contribution in [3.63, 3.8) is 0 Å². The van der Waals surface area contributed by atoms with Gasteiger partial charge in [0.1, 0.15) is 6.61 Å². The van der Waals surface area contributed by atoms with Gasteiger partial charge in [-0.25, -0.2) is 4.68 Å². The van der Waals surface area contributed by atoms with Crippen LogP contribution in [0.3, 0.4) is 0 Å². The first-order valence-corrected chi connectivity index (χ1v) is 12.5. The fraction of sp³-hybridized carbons (Fsp3) is 0.583. The molecule has 174 valence electrons. The van der Waals surface area contributed by atoms with Crippen LogP contribution in [0.15, 0.2) is 24.3 Å². The van der Waals surface area contributed by atoms with Crippen molar-refractivity contribution in [2.45, 2.75) is 66.3 Å². The fourth-order valence-corrected chi connectivity index (χ4v) is 4.49. The van der Waals surface area contributed by atoms with Crippen molar-refractivity contribution in [2.75, 3.05) is 13.2 Å². The molecule has 0 spiro atoms. The highest BCUT2D eigenvalue weighted by Gasteiger charge is 2.36. The summed E-state index contributed by atoms with van der Waals surface area (Å²) in [5.41, 5.74) is 5.88. The number of carbonyl (C=O) groups is 1. The standard InChI is InChI=1S/C24H34N3O4P/c1-17-14-22-21(15-24(17,3)4)18(2)26-27(22)23(28)11-10-19-6-8-20(9-7-19)16-25-12-5-13-31-32(29)30/h6-9,17,25H,5,10-16H2,1-4H3/p+1. The predicted octanol–water partition coefficient (Wildman–Crippen LogP) is 4.37. The molecule has 32 heavy (non-hydrogen) atoms. The lowest BCUT2D eigenvalue weighted by molar-refractivity contribution is 0.0877. The molecule has 1 aliphatic rings. The fourth-order valence-electron chi connectivity index (χ4n) is 4.20. The lowest BCUT2D eigenvalue weighted by Gasteiger charge is -2.36. The molecule has 2 N–H and O–H groups in total. The number of rotatable bonds is 10. The Morgan fingerprint density at radius 1 is 1.31 bits per heavy atom. The molecule has 7 nitrogen and oxygen atoms in total. The summed E-state index contributed by atoms with van der Waals surface area (Å²) in [6.45, 7) is 10.6. The van der Waals surface area contributed by atoms with Gasteiger partial charge in [-0.15, -0.1) is 9.42 Å². The average Bonchev–Trinajstić information content (AvgIpc) is 3.04. The van der Waals surface area contributed by atoms with Crippen LogP contribution < -0.4 is 5.32 Å². The van der Waals surface area contributed by atoms with Crippen LogP contribution in [0.1, 0.15) is 66.5 Å². The number of carbonyl (C=O) groups excluding carboxylic acids is 1. The summed E-state index contributed by atoms with van der Waals surface area (Å²) < 4.78 is 16.7. The predicted molar refractivity (Wildman–Crippen MR) is 125 cm³/mol. The number of aryl methyl sites for hydroxylation is 2. The van der Waals surface area contributed by atoms with Crippen molar-refractivity contribution in [1.29, 1.82) is 0 Å². The first-order valence-electron chi connectivity index (χ1n) is 11.4. The van der Waals surface area contributed by atoms with E-state index >= 15 is 0 Å². The summed E-state index contributed by atoms with van der Waals surface area (Å²) in [6, 6.07) is 8.27. The highest BCUT2D eigenvalue weighted by molar-refractivity contribution is 7.32. The molecule has 3 rings (SSSR count). The Balaban J connectivity index is 1.49. The summed E-state index contributed by atoms with van der Waals surface area (Å²) in [5.74, 6) is 0.587. The van der Waals surface area contributed by atoms with Crippen LogP contribution >= 0.6 is 8.25 Å². The normalized spacial score (nSPS) is 17.8. The Bertz CT molecular complexity index is 953. The van der Waals surface area contributed by atoms with Crippen molar-refractivity contribution in [1.82, 2.24) is 15.1 Å². The minimum absolute atomic E-state index is 0.0684. The quantitative estimate of drug-likeness (QED) is 0.404. The molecule has 0 radical (unpaired) electrons. The van der Waals surface area contributed by atoms with Gasteiger partial charge in [-0.2, -0.15) is 5.10 Å². The zero-order valence-electron chi connectivity index (χ0n) is 19.6. The molecule has 1 aromatic heterocycles. The zero-order valence-corrected chi connectivity index (χ0v) is 20.5. The number of nitrogens with zero attached hydrogens (tertiary/aromatic N) is 2. The molecule has 0 amide bonds. The Labute approximate surface area is 191 Å². The molecule has 1 aromatic carbocycles. The molecular formula is C24H35N3O4P+. The van der Waals surface area contributed by atoms with Gasteiger partial charge < -0.3 is 5.32 Å². The van der Waals surface area contributed by atoms with Gasteiger partial charge in [0.15, 0.2) is 0 Å². The summed E-state index contributed by atoms with van der Waals surface area (Å²) in [5, 5.41) is 7.89. The second-order valence-corrected chi connectivity index (χ2v) is 10.2. The first-order chi connectivity index (χ1) is 15.2. The molecule has 0 aliphatic heterocycles. The lowest BCUT2D eigenvalue weighted by Crippen LogP contribution is -2.32. The van der Waals surface area contributed by atoms with Crippen LogP contribution in [0.4, 0.5) is 0 Å². The van der Waals surface area contributed by atoms with Crippen molar-refractivity contribution < 1.29 is 18.8 Å². The summed E-state index contributed by atoms with van der Waals surface area (Å²) in [6.07, 6.45) is 3.69. The molecule has 0 saturated heterocycles. The molecular weight excluding hydrogens is 425 g/mol. The van der Waals surface area contributed by atoms with Crippen LogP contribution in [-0.2, 0) is 34.9 Å². The van der Waals surface area contributed by atoms with Gasteiger partial charge in [0, 0.05) is 17.5 Å². The van der Waals surface area contributed by atoms with E-state index in [4.69, 9.17) is 4.89 Å². The molecule has 0 bridgehead atoms. The maximum Gasteiger partial charge on any atom is 0.694 e. The maximum absolute atomic E-state index is 13.0. The van der Waals surface area contributed by atoms with Crippen molar-refractivity contribution in [3.05, 3.63) is 52.3 Å². The van der Waals surface area contributed by atoms with Gasteiger partial charge in [-0.1, -0.05) is 45.0 Å². The van der Waals surface area contributed by atoms with Gasteiger partial charge in [-0.05, 0) is 67.2 Å². The van der Waals surface area contributed by atoms with Gasteiger partial charge >= 0.3 is 8.25 Å². The van der Waals surface area contributed by atoms with Crippen molar-refractivity contribution in [2.24, 2.45) is 11.3 Å². The molecule has 1 aliphatic carbocycles. The minimum atomic E-state index is -2.51. The Morgan fingerprint density at radius 3 is 2.69 bits per heavy atom. The summed E-state index contributed by atoms with van der Waals surface area (Å²) in [4.78, 5) is 21.5. The highest BCUT2D eigenvalue weighted by Crippen LogP contribution is 2.40. The largest absolute Gasteiger partial charge is 0.694 e. The minimum Gasteiger partial charge on any atom is -0.313 e. The molecule has 1 heterocycles. The van der Waals surface area contributed by atoms with Gasteiger partial charge in [0.2, 0.25) is 5.91 Å². The van der Waals surface area contributed by atoms with E-state index in [0.717, 1.165) is 41.9 Å². The topological polar surface area (TPSA) is 93.5 Å². The molecule has 2 aromatic rings. The number of benzene rings is 1. The second kappa shape index (κ2) is 10.8. The second-order valence-electron chi connectivity index (χ2n) is 9.50. The highest BCUT2D eigenvalue weighted by atomic mass is 31.1. The van der Waals surface area contributed by atoms with E-state index < -0.39 is 8.25 Å². The summed E-state index contributed by atoms with van der Waals surface area (Å²) in [7, 11) is -2.51. The number of hydrogen-bond acceptors (Lipinski definition) is 5. The van der Waals surface area contributed by atoms with Gasteiger partial charge in [0.05, 0.1) is 11.4 Å². The van der Waals surface area contributed by atoms with Crippen LogP contribution in [0.25, 0.3) is 0 Å². The molecule has 2 unspecified atom stereocenters. The molecule has 0 saturated carbocycles. The smallest absolute Gasteiger partial charge is 0.313 e.